The highest BCUT2D eigenvalue weighted by atomic mass is 16.5. The minimum atomic E-state index is -0.217. The molecule has 0 aliphatic carbocycles. The average Bonchev–Trinajstić information content (AvgIpc) is 2.53. The van der Waals surface area contributed by atoms with Gasteiger partial charge in [0.2, 0.25) is 11.8 Å². The van der Waals surface area contributed by atoms with Crippen LogP contribution in [0.3, 0.4) is 0 Å². The minimum absolute atomic E-state index is 0.0251. The van der Waals surface area contributed by atoms with Gasteiger partial charge in [0.1, 0.15) is 12.4 Å². The number of carbonyl (C=O) groups is 2. The van der Waals surface area contributed by atoms with Crippen LogP contribution in [-0.4, -0.2) is 32.1 Å². The Balaban J connectivity index is 2.60. The van der Waals surface area contributed by atoms with Gasteiger partial charge in [-0.25, -0.2) is 0 Å². The van der Waals surface area contributed by atoms with Crippen LogP contribution < -0.4 is 15.4 Å². The summed E-state index contributed by atoms with van der Waals surface area (Å²) in [7, 11) is 1.52. The molecule has 0 aliphatic rings. The Bertz CT molecular complexity index is 517. The number of unbranched alkanes of at least 4 members (excludes halogenated alkanes) is 1. The van der Waals surface area contributed by atoms with E-state index in [1.54, 1.807) is 18.2 Å². The molecule has 0 heterocycles. The molecule has 0 radical (unpaired) electrons. The maximum Gasteiger partial charge on any atom is 0.250 e. The highest BCUT2D eigenvalue weighted by Crippen LogP contribution is 2.28. The fourth-order valence-corrected chi connectivity index (χ4v) is 1.92. The summed E-state index contributed by atoms with van der Waals surface area (Å²) in [6, 6.07) is 5.10. The summed E-state index contributed by atoms with van der Waals surface area (Å²) in [4.78, 5) is 23.4. The van der Waals surface area contributed by atoms with Crippen LogP contribution in [0.15, 0.2) is 18.2 Å². The highest BCUT2D eigenvalue weighted by Gasteiger charge is 2.09. The number of carbonyl (C=O) groups excluding carboxylic acids is 2. The first kappa shape index (κ1) is 19.0. The summed E-state index contributed by atoms with van der Waals surface area (Å²) in [6.07, 6.45) is 3.20. The number of hydrogen-bond donors (Lipinski definition) is 2. The standard InChI is InChI=1S/C17H26N2O4/c1-4-6-10-23-12-17(21)18-13-8-9-14(15(11-13)22-3)19-16(20)7-5-2/h8-9,11H,4-7,10,12H2,1-3H3,(H,18,21)(H,19,20). The summed E-state index contributed by atoms with van der Waals surface area (Å²) >= 11 is 0. The Labute approximate surface area is 137 Å². The van der Waals surface area contributed by atoms with E-state index in [-0.39, 0.29) is 18.4 Å². The van der Waals surface area contributed by atoms with Gasteiger partial charge in [-0.2, -0.15) is 0 Å². The lowest BCUT2D eigenvalue weighted by Crippen LogP contribution is -2.19. The van der Waals surface area contributed by atoms with Crippen LogP contribution >= 0.6 is 0 Å². The third-order valence-electron chi connectivity index (χ3n) is 3.11. The molecule has 1 aromatic carbocycles. The SMILES string of the molecule is CCCCOCC(=O)Nc1ccc(NC(=O)CCC)c(OC)c1. The fraction of sp³-hybridized carbons (Fsp3) is 0.529. The van der Waals surface area contributed by atoms with E-state index in [2.05, 4.69) is 17.6 Å². The summed E-state index contributed by atoms with van der Waals surface area (Å²) < 4.78 is 10.5. The second kappa shape index (κ2) is 10.6. The van der Waals surface area contributed by atoms with Crippen LogP contribution in [0.25, 0.3) is 0 Å². The van der Waals surface area contributed by atoms with Crippen molar-refractivity contribution >= 4 is 23.2 Å². The van der Waals surface area contributed by atoms with E-state index < -0.39 is 0 Å². The maximum absolute atomic E-state index is 11.8. The molecule has 0 spiro atoms. The molecule has 0 bridgehead atoms. The monoisotopic (exact) mass is 322 g/mol. The third-order valence-corrected chi connectivity index (χ3v) is 3.11. The van der Waals surface area contributed by atoms with E-state index in [0.717, 1.165) is 19.3 Å². The predicted octanol–water partition coefficient (Wildman–Crippen LogP) is 3.19. The highest BCUT2D eigenvalue weighted by molar-refractivity contribution is 5.95. The van der Waals surface area contributed by atoms with E-state index in [0.29, 0.717) is 30.2 Å². The Morgan fingerprint density at radius 2 is 1.87 bits per heavy atom. The normalized spacial score (nSPS) is 10.2. The van der Waals surface area contributed by atoms with Crippen LogP contribution in [0.5, 0.6) is 5.75 Å². The zero-order valence-corrected chi connectivity index (χ0v) is 14.1. The van der Waals surface area contributed by atoms with Crippen LogP contribution in [0.4, 0.5) is 11.4 Å². The molecule has 0 unspecified atom stereocenters. The Morgan fingerprint density at radius 3 is 2.52 bits per heavy atom. The molecule has 0 saturated carbocycles. The first-order valence-electron chi connectivity index (χ1n) is 7.96. The van der Waals surface area contributed by atoms with Gasteiger partial charge in [-0.1, -0.05) is 20.3 Å². The van der Waals surface area contributed by atoms with E-state index in [1.807, 2.05) is 6.92 Å². The zero-order valence-electron chi connectivity index (χ0n) is 14.1. The lowest BCUT2D eigenvalue weighted by molar-refractivity contribution is -0.120. The fourth-order valence-electron chi connectivity index (χ4n) is 1.92. The predicted molar refractivity (Wildman–Crippen MR) is 90.9 cm³/mol. The molecule has 2 amide bonds. The molecule has 2 N–H and O–H groups in total. The molecule has 1 aromatic rings. The lowest BCUT2D eigenvalue weighted by Gasteiger charge is -2.12. The van der Waals surface area contributed by atoms with Crippen LogP contribution in [0.1, 0.15) is 39.5 Å². The molecular formula is C17H26N2O4. The quantitative estimate of drug-likeness (QED) is 0.649. The Kier molecular flexibility index (Phi) is 8.75. The summed E-state index contributed by atoms with van der Waals surface area (Å²) in [5.41, 5.74) is 1.18. The van der Waals surface area contributed by atoms with E-state index in [4.69, 9.17) is 9.47 Å². The number of nitrogens with one attached hydrogen (secondary N) is 2. The van der Waals surface area contributed by atoms with Gasteiger partial charge >= 0.3 is 0 Å². The number of rotatable bonds is 10. The number of amides is 2. The first-order valence-corrected chi connectivity index (χ1v) is 7.96. The lowest BCUT2D eigenvalue weighted by atomic mass is 10.2. The minimum Gasteiger partial charge on any atom is -0.494 e. The molecule has 0 fully saturated rings. The number of ether oxygens (including phenoxy) is 2. The number of benzene rings is 1. The van der Waals surface area contributed by atoms with Gasteiger partial charge in [-0.15, -0.1) is 0 Å². The Morgan fingerprint density at radius 1 is 1.09 bits per heavy atom. The molecule has 6 heteroatoms. The van der Waals surface area contributed by atoms with Crippen molar-refractivity contribution in [3.8, 4) is 5.75 Å². The van der Waals surface area contributed by atoms with Gasteiger partial charge in [0, 0.05) is 24.8 Å². The van der Waals surface area contributed by atoms with Gasteiger partial charge < -0.3 is 20.1 Å². The van der Waals surface area contributed by atoms with Crippen molar-refractivity contribution in [1.82, 2.24) is 0 Å². The second-order valence-corrected chi connectivity index (χ2v) is 5.17. The van der Waals surface area contributed by atoms with Crippen molar-refractivity contribution in [3.63, 3.8) is 0 Å². The number of hydrogen-bond acceptors (Lipinski definition) is 4. The van der Waals surface area contributed by atoms with Gasteiger partial charge in [0.25, 0.3) is 0 Å². The second-order valence-electron chi connectivity index (χ2n) is 5.17. The van der Waals surface area contributed by atoms with Crippen molar-refractivity contribution < 1.29 is 19.1 Å². The third kappa shape index (κ3) is 7.15. The zero-order chi connectivity index (χ0) is 17.1. The van der Waals surface area contributed by atoms with E-state index >= 15 is 0 Å². The summed E-state index contributed by atoms with van der Waals surface area (Å²) in [5, 5.41) is 5.53. The van der Waals surface area contributed by atoms with Crippen molar-refractivity contribution in [2.24, 2.45) is 0 Å². The molecule has 0 aromatic heterocycles. The number of anilines is 2. The molecule has 23 heavy (non-hydrogen) atoms. The summed E-state index contributed by atoms with van der Waals surface area (Å²) in [6.45, 7) is 4.61. The van der Waals surface area contributed by atoms with Gasteiger partial charge in [-0.3, -0.25) is 9.59 Å². The topological polar surface area (TPSA) is 76.7 Å². The van der Waals surface area contributed by atoms with Gasteiger partial charge in [-0.05, 0) is 25.0 Å². The van der Waals surface area contributed by atoms with Crippen molar-refractivity contribution in [3.05, 3.63) is 18.2 Å². The molecule has 1 rings (SSSR count). The van der Waals surface area contributed by atoms with Crippen LogP contribution in [-0.2, 0) is 14.3 Å². The summed E-state index contributed by atoms with van der Waals surface area (Å²) in [5.74, 6) is 0.219. The molecule has 128 valence electrons. The van der Waals surface area contributed by atoms with Crippen LogP contribution in [0.2, 0.25) is 0 Å². The number of methoxy groups -OCH3 is 1. The Hall–Kier alpha value is -2.08. The van der Waals surface area contributed by atoms with Gasteiger partial charge in [0.05, 0.1) is 12.8 Å². The molecule has 0 atom stereocenters. The van der Waals surface area contributed by atoms with E-state index in [1.165, 1.54) is 7.11 Å². The van der Waals surface area contributed by atoms with Crippen molar-refractivity contribution in [2.45, 2.75) is 39.5 Å². The molecule has 0 saturated heterocycles. The maximum atomic E-state index is 11.8. The molecule has 0 aliphatic heterocycles. The molecule has 6 nitrogen and oxygen atoms in total. The van der Waals surface area contributed by atoms with Crippen molar-refractivity contribution in [2.75, 3.05) is 31.0 Å². The van der Waals surface area contributed by atoms with E-state index in [9.17, 15) is 9.59 Å². The van der Waals surface area contributed by atoms with Crippen LogP contribution in [0, 0.1) is 0 Å². The first-order chi connectivity index (χ1) is 11.1. The molecular weight excluding hydrogens is 296 g/mol. The smallest absolute Gasteiger partial charge is 0.250 e. The largest absolute Gasteiger partial charge is 0.494 e. The van der Waals surface area contributed by atoms with Crippen molar-refractivity contribution in [1.29, 1.82) is 0 Å². The van der Waals surface area contributed by atoms with Gasteiger partial charge in [0.15, 0.2) is 0 Å². The average molecular weight is 322 g/mol.